The monoisotopic (exact) mass is 260 g/mol. The number of hydrogen-bond donors (Lipinski definition) is 0. The standard InChI is InChI=1S/C11H15F3N4/c1-2-3-4-5-8-18-10(11(12,13)14)9(6-7-15)16-17-18/h2-6,8H2,1H3. The second-order valence-corrected chi connectivity index (χ2v) is 4.00. The second-order valence-electron chi connectivity index (χ2n) is 4.00. The summed E-state index contributed by atoms with van der Waals surface area (Å²) in [6.07, 6.45) is -1.39. The van der Waals surface area contributed by atoms with Crippen molar-refractivity contribution in [2.75, 3.05) is 0 Å². The molecule has 0 bridgehead atoms. The SMILES string of the molecule is CCCCCCn1nnc(CC#N)c1C(F)(F)F. The first-order valence-electron chi connectivity index (χ1n) is 5.87. The van der Waals surface area contributed by atoms with Gasteiger partial charge in [0, 0.05) is 6.54 Å². The third-order valence-corrected chi connectivity index (χ3v) is 2.54. The highest BCUT2D eigenvalue weighted by Gasteiger charge is 2.38. The molecule has 0 aliphatic carbocycles. The lowest BCUT2D eigenvalue weighted by Gasteiger charge is -2.10. The summed E-state index contributed by atoms with van der Waals surface area (Å²) in [5.74, 6) is 0. The maximum absolute atomic E-state index is 12.8. The molecule has 0 aliphatic rings. The molecule has 0 atom stereocenters. The first kappa shape index (κ1) is 14.5. The van der Waals surface area contributed by atoms with Crippen LogP contribution in [0.3, 0.4) is 0 Å². The van der Waals surface area contributed by atoms with Gasteiger partial charge in [-0.1, -0.05) is 31.4 Å². The highest BCUT2D eigenvalue weighted by atomic mass is 19.4. The average molecular weight is 260 g/mol. The maximum Gasteiger partial charge on any atom is 0.434 e. The Labute approximate surface area is 103 Å². The normalized spacial score (nSPS) is 11.5. The summed E-state index contributed by atoms with van der Waals surface area (Å²) in [6, 6.07) is 1.67. The maximum atomic E-state index is 12.8. The Morgan fingerprint density at radius 3 is 2.56 bits per heavy atom. The van der Waals surface area contributed by atoms with Crippen LogP contribution in [-0.2, 0) is 19.1 Å². The lowest BCUT2D eigenvalue weighted by molar-refractivity contribution is -0.144. The number of aromatic nitrogens is 3. The molecule has 0 fully saturated rings. The molecule has 18 heavy (non-hydrogen) atoms. The molecule has 1 aromatic heterocycles. The van der Waals surface area contributed by atoms with E-state index in [4.69, 9.17) is 5.26 Å². The van der Waals surface area contributed by atoms with E-state index in [1.54, 1.807) is 6.07 Å². The van der Waals surface area contributed by atoms with Crippen molar-refractivity contribution in [3.05, 3.63) is 11.4 Å². The highest BCUT2D eigenvalue weighted by Crippen LogP contribution is 2.31. The number of unbranched alkanes of at least 4 members (excludes halogenated alkanes) is 3. The van der Waals surface area contributed by atoms with Gasteiger partial charge in [-0.3, -0.25) is 0 Å². The van der Waals surface area contributed by atoms with Crippen molar-refractivity contribution in [3.8, 4) is 6.07 Å². The minimum atomic E-state index is -4.51. The average Bonchev–Trinajstić information content (AvgIpc) is 2.68. The number of aryl methyl sites for hydroxylation is 1. The minimum absolute atomic E-state index is 0.188. The molecule has 0 saturated carbocycles. The van der Waals surface area contributed by atoms with E-state index in [1.807, 2.05) is 6.92 Å². The molecule has 0 aromatic carbocycles. The molecule has 0 radical (unpaired) electrons. The number of alkyl halides is 3. The van der Waals surface area contributed by atoms with Gasteiger partial charge in [0.15, 0.2) is 5.69 Å². The van der Waals surface area contributed by atoms with Gasteiger partial charge in [0.05, 0.1) is 12.5 Å². The summed E-state index contributed by atoms with van der Waals surface area (Å²) >= 11 is 0. The van der Waals surface area contributed by atoms with E-state index in [0.29, 0.717) is 6.42 Å². The van der Waals surface area contributed by atoms with Crippen LogP contribution in [0.2, 0.25) is 0 Å². The highest BCUT2D eigenvalue weighted by molar-refractivity contribution is 5.17. The molecular formula is C11H15F3N4. The molecule has 7 heteroatoms. The van der Waals surface area contributed by atoms with E-state index in [2.05, 4.69) is 10.3 Å². The zero-order chi connectivity index (χ0) is 13.6. The second kappa shape index (κ2) is 6.38. The molecule has 1 rings (SSSR count). The van der Waals surface area contributed by atoms with E-state index in [9.17, 15) is 13.2 Å². The van der Waals surface area contributed by atoms with Gasteiger partial charge in [-0.2, -0.15) is 18.4 Å². The molecule has 1 aromatic rings. The Balaban J connectivity index is 2.82. The lowest BCUT2D eigenvalue weighted by Crippen LogP contribution is -2.16. The lowest BCUT2D eigenvalue weighted by atomic mass is 10.2. The van der Waals surface area contributed by atoms with Crippen LogP contribution in [-0.4, -0.2) is 15.0 Å². The van der Waals surface area contributed by atoms with Gasteiger partial charge >= 0.3 is 6.18 Å². The van der Waals surface area contributed by atoms with Crippen LogP contribution in [0, 0.1) is 11.3 Å². The molecule has 0 aliphatic heterocycles. The summed E-state index contributed by atoms with van der Waals surface area (Å²) in [7, 11) is 0. The van der Waals surface area contributed by atoms with Crippen LogP contribution < -0.4 is 0 Å². The van der Waals surface area contributed by atoms with Crippen LogP contribution in [0.1, 0.15) is 44.0 Å². The van der Waals surface area contributed by atoms with E-state index in [-0.39, 0.29) is 18.7 Å². The van der Waals surface area contributed by atoms with E-state index in [0.717, 1.165) is 23.9 Å². The van der Waals surface area contributed by atoms with Crippen molar-refractivity contribution in [2.45, 2.75) is 51.7 Å². The summed E-state index contributed by atoms with van der Waals surface area (Å²) in [5.41, 5.74) is -1.18. The van der Waals surface area contributed by atoms with Gasteiger partial charge in [0.25, 0.3) is 0 Å². The molecule has 0 spiro atoms. The molecule has 0 unspecified atom stereocenters. The number of nitriles is 1. The minimum Gasteiger partial charge on any atom is -0.240 e. The Kier molecular flexibility index (Phi) is 5.13. The molecule has 0 saturated heterocycles. The van der Waals surface area contributed by atoms with Gasteiger partial charge in [0.1, 0.15) is 5.69 Å². The largest absolute Gasteiger partial charge is 0.434 e. The smallest absolute Gasteiger partial charge is 0.240 e. The van der Waals surface area contributed by atoms with Crippen LogP contribution in [0.25, 0.3) is 0 Å². The van der Waals surface area contributed by atoms with Gasteiger partial charge in [-0.15, -0.1) is 5.10 Å². The van der Waals surface area contributed by atoms with Crippen molar-refractivity contribution in [3.63, 3.8) is 0 Å². The first-order valence-corrected chi connectivity index (χ1v) is 5.87. The van der Waals surface area contributed by atoms with Gasteiger partial charge in [0.2, 0.25) is 0 Å². The van der Waals surface area contributed by atoms with Crippen LogP contribution in [0.5, 0.6) is 0 Å². The van der Waals surface area contributed by atoms with Crippen molar-refractivity contribution >= 4 is 0 Å². The number of halogens is 3. The fraction of sp³-hybridized carbons (Fsp3) is 0.727. The zero-order valence-corrected chi connectivity index (χ0v) is 10.2. The number of rotatable bonds is 6. The van der Waals surface area contributed by atoms with Crippen LogP contribution in [0.4, 0.5) is 13.2 Å². The van der Waals surface area contributed by atoms with Crippen LogP contribution >= 0.6 is 0 Å². The molecule has 1 heterocycles. The molecule has 0 amide bonds. The summed E-state index contributed by atoms with van der Waals surface area (Å²) < 4.78 is 39.4. The first-order chi connectivity index (χ1) is 8.50. The zero-order valence-electron chi connectivity index (χ0n) is 10.2. The topological polar surface area (TPSA) is 54.5 Å². The molecule has 100 valence electrons. The Bertz CT molecular complexity index is 417. The van der Waals surface area contributed by atoms with Crippen molar-refractivity contribution in [1.82, 2.24) is 15.0 Å². The van der Waals surface area contributed by atoms with E-state index >= 15 is 0 Å². The fourth-order valence-electron chi connectivity index (χ4n) is 1.70. The third kappa shape index (κ3) is 3.72. The third-order valence-electron chi connectivity index (χ3n) is 2.54. The molecule has 4 nitrogen and oxygen atoms in total. The van der Waals surface area contributed by atoms with Gasteiger partial charge in [-0.25, -0.2) is 4.68 Å². The predicted molar refractivity (Wildman–Crippen MR) is 58.5 cm³/mol. The number of nitrogens with zero attached hydrogens (tertiary/aromatic N) is 4. The quantitative estimate of drug-likeness (QED) is 0.739. The van der Waals surface area contributed by atoms with Crippen LogP contribution in [0.15, 0.2) is 0 Å². The van der Waals surface area contributed by atoms with E-state index in [1.165, 1.54) is 0 Å². The van der Waals surface area contributed by atoms with Gasteiger partial charge < -0.3 is 0 Å². The fourth-order valence-corrected chi connectivity index (χ4v) is 1.70. The molecular weight excluding hydrogens is 245 g/mol. The summed E-state index contributed by atoms with van der Waals surface area (Å²) in [5, 5.41) is 15.4. The Hall–Kier alpha value is -1.58. The summed E-state index contributed by atoms with van der Waals surface area (Å²) in [4.78, 5) is 0. The van der Waals surface area contributed by atoms with Crippen molar-refractivity contribution in [2.24, 2.45) is 0 Å². The van der Waals surface area contributed by atoms with Crippen molar-refractivity contribution < 1.29 is 13.2 Å². The number of hydrogen-bond acceptors (Lipinski definition) is 3. The molecule has 0 N–H and O–H groups in total. The Morgan fingerprint density at radius 1 is 1.28 bits per heavy atom. The summed E-state index contributed by atoms with van der Waals surface area (Å²) in [6.45, 7) is 2.22. The van der Waals surface area contributed by atoms with E-state index < -0.39 is 11.9 Å². The Morgan fingerprint density at radius 2 is 2.00 bits per heavy atom. The van der Waals surface area contributed by atoms with Crippen molar-refractivity contribution in [1.29, 1.82) is 5.26 Å². The van der Waals surface area contributed by atoms with Gasteiger partial charge in [-0.05, 0) is 6.42 Å². The predicted octanol–water partition coefficient (Wildman–Crippen LogP) is 2.94.